The first-order chi connectivity index (χ1) is 16.9. The number of hydrogen-bond donors (Lipinski definition) is 3. The van der Waals surface area contributed by atoms with Gasteiger partial charge in [-0.05, 0) is 23.4 Å². The fraction of sp³-hybridized carbons (Fsp3) is 0.333. The molecule has 3 aromatic rings. The van der Waals surface area contributed by atoms with E-state index in [4.69, 9.17) is 15.2 Å². The second-order valence-corrected chi connectivity index (χ2v) is 8.56. The maximum Gasteiger partial charge on any atom is 0.414 e. The molecule has 2 aliphatic rings. The van der Waals surface area contributed by atoms with Gasteiger partial charge in [-0.15, -0.1) is 0 Å². The Kier molecular flexibility index (Phi) is 5.75. The molecule has 2 aliphatic heterocycles. The molecule has 1 saturated heterocycles. The Morgan fingerprint density at radius 1 is 1.34 bits per heavy atom. The number of pyridine rings is 2. The Bertz CT molecular complexity index is 1350. The number of likely N-dealkylation sites (tertiary alicyclic amines) is 1. The van der Waals surface area contributed by atoms with E-state index in [0.29, 0.717) is 48.3 Å². The van der Waals surface area contributed by atoms with E-state index in [1.54, 1.807) is 24.2 Å². The monoisotopic (exact) mass is 480 g/mol. The summed E-state index contributed by atoms with van der Waals surface area (Å²) in [5.41, 5.74) is 8.58. The Hall–Kier alpha value is -4.15. The number of anilines is 2. The van der Waals surface area contributed by atoms with Gasteiger partial charge >= 0.3 is 6.09 Å². The first-order valence-electron chi connectivity index (χ1n) is 11.3. The number of rotatable bonds is 4. The van der Waals surface area contributed by atoms with Gasteiger partial charge in [0.05, 0.1) is 11.7 Å². The highest BCUT2D eigenvalue weighted by Gasteiger charge is 2.28. The minimum absolute atomic E-state index is 0.0268. The van der Waals surface area contributed by atoms with E-state index in [1.807, 2.05) is 6.92 Å². The summed E-state index contributed by atoms with van der Waals surface area (Å²) in [5, 5.41) is 6.90. The fourth-order valence-electron chi connectivity index (χ4n) is 4.52. The smallest absolute Gasteiger partial charge is 0.414 e. The molecule has 1 atom stereocenters. The molecule has 0 bridgehead atoms. The third kappa shape index (κ3) is 4.13. The average molecular weight is 481 g/mol. The van der Waals surface area contributed by atoms with E-state index in [2.05, 4.69) is 20.6 Å². The third-order valence-corrected chi connectivity index (χ3v) is 6.27. The zero-order valence-corrected chi connectivity index (χ0v) is 19.4. The highest BCUT2D eigenvalue weighted by atomic mass is 19.1. The molecular weight excluding hydrogens is 455 g/mol. The van der Waals surface area contributed by atoms with Crippen molar-refractivity contribution < 1.29 is 23.5 Å². The average Bonchev–Trinajstić information content (AvgIpc) is 3.16. The minimum Gasteiger partial charge on any atom is -0.474 e. The van der Waals surface area contributed by atoms with E-state index in [1.165, 1.54) is 12.3 Å². The first-order valence-corrected chi connectivity index (χ1v) is 11.3. The number of carbonyl (C=O) groups is 2. The maximum absolute atomic E-state index is 15.4. The molecule has 0 radical (unpaired) electrons. The number of nitrogens with two attached hydrogens (primary N) is 1. The summed E-state index contributed by atoms with van der Waals surface area (Å²) in [6.07, 6.45) is 3.06. The Balaban J connectivity index is 1.48. The van der Waals surface area contributed by atoms with E-state index in [0.717, 1.165) is 11.3 Å². The van der Waals surface area contributed by atoms with Gasteiger partial charge in [0, 0.05) is 61.5 Å². The number of amides is 2. The van der Waals surface area contributed by atoms with E-state index in [-0.39, 0.29) is 35.5 Å². The predicted molar refractivity (Wildman–Crippen MR) is 128 cm³/mol. The van der Waals surface area contributed by atoms with Crippen LogP contribution in [0.1, 0.15) is 18.9 Å². The summed E-state index contributed by atoms with van der Waals surface area (Å²) < 4.78 is 26.4. The van der Waals surface area contributed by atoms with Crippen LogP contribution in [0.15, 0.2) is 24.5 Å². The number of hydrogen-bond acceptors (Lipinski definition) is 8. The second-order valence-electron chi connectivity index (χ2n) is 8.56. The Labute approximate surface area is 200 Å². The molecule has 0 saturated carbocycles. The summed E-state index contributed by atoms with van der Waals surface area (Å²) in [4.78, 5) is 34.0. The summed E-state index contributed by atoms with van der Waals surface area (Å²) in [6.45, 7) is 3.53. The number of nitrogens with one attached hydrogen (secondary N) is 2. The largest absolute Gasteiger partial charge is 0.474 e. The van der Waals surface area contributed by atoms with Crippen LogP contribution in [-0.2, 0) is 11.2 Å². The van der Waals surface area contributed by atoms with E-state index in [9.17, 15) is 9.59 Å². The molecule has 4 N–H and O–H groups in total. The van der Waals surface area contributed by atoms with Crippen molar-refractivity contribution in [2.45, 2.75) is 25.8 Å². The first kappa shape index (κ1) is 22.6. The van der Waals surface area contributed by atoms with Crippen molar-refractivity contribution in [3.63, 3.8) is 0 Å². The highest BCUT2D eigenvalue weighted by molar-refractivity contribution is 5.98. The summed E-state index contributed by atoms with van der Waals surface area (Å²) in [5.74, 6) is -0.103. The number of aromatic nitrogens is 2. The van der Waals surface area contributed by atoms with Crippen molar-refractivity contribution in [1.82, 2.24) is 20.2 Å². The van der Waals surface area contributed by atoms with Crippen molar-refractivity contribution in [3.05, 3.63) is 35.9 Å². The number of ether oxygens (including phenoxy) is 2. The maximum atomic E-state index is 15.4. The van der Waals surface area contributed by atoms with Gasteiger partial charge in [0.15, 0.2) is 5.82 Å². The zero-order chi connectivity index (χ0) is 24.7. The van der Waals surface area contributed by atoms with E-state index < -0.39 is 11.9 Å². The Morgan fingerprint density at radius 3 is 2.91 bits per heavy atom. The van der Waals surface area contributed by atoms with Crippen molar-refractivity contribution in [2.24, 2.45) is 0 Å². The molecule has 10 nitrogen and oxygen atoms in total. The highest BCUT2D eigenvalue weighted by Crippen LogP contribution is 2.40. The Morgan fingerprint density at radius 2 is 2.17 bits per heavy atom. The van der Waals surface area contributed by atoms with Gasteiger partial charge in [0.25, 0.3) is 0 Å². The number of likely N-dealkylation sites (N-methyl/N-ethyl adjacent to an activating group) is 1. The molecule has 0 unspecified atom stereocenters. The summed E-state index contributed by atoms with van der Waals surface area (Å²) >= 11 is 0. The van der Waals surface area contributed by atoms with Gasteiger partial charge in [-0.2, -0.15) is 0 Å². The van der Waals surface area contributed by atoms with Gasteiger partial charge in [0.2, 0.25) is 17.7 Å². The van der Waals surface area contributed by atoms with Crippen LogP contribution in [0, 0.1) is 5.82 Å². The molecule has 0 aliphatic carbocycles. The van der Waals surface area contributed by atoms with Gasteiger partial charge in [-0.1, -0.05) is 6.92 Å². The zero-order valence-electron chi connectivity index (χ0n) is 19.4. The molecule has 2 amide bonds. The molecule has 1 fully saturated rings. The lowest BCUT2D eigenvalue weighted by Gasteiger charge is -2.23. The molecule has 35 heavy (non-hydrogen) atoms. The normalized spacial score (nSPS) is 17.1. The molecular formula is C24H25FN6O4. The van der Waals surface area contributed by atoms with Crippen molar-refractivity contribution in [1.29, 1.82) is 0 Å². The second kappa shape index (κ2) is 8.90. The lowest BCUT2D eigenvalue weighted by atomic mass is 9.95. The molecule has 0 spiro atoms. The SMILES string of the molecule is CCc1c(-c2cc3cc(OC(=O)N[C@H]4CC(=O)N(C)C4)ncc3c(N)c2F)cnc2c1NCCO2. The molecule has 182 valence electrons. The number of nitrogen functional groups attached to an aromatic ring is 1. The number of benzene rings is 1. The van der Waals surface area contributed by atoms with Crippen molar-refractivity contribution >= 4 is 34.1 Å². The van der Waals surface area contributed by atoms with Crippen LogP contribution in [0.4, 0.5) is 20.6 Å². The summed E-state index contributed by atoms with van der Waals surface area (Å²) in [7, 11) is 1.67. The van der Waals surface area contributed by atoms with E-state index >= 15 is 4.39 Å². The van der Waals surface area contributed by atoms with Crippen LogP contribution >= 0.6 is 0 Å². The fourth-order valence-corrected chi connectivity index (χ4v) is 4.52. The van der Waals surface area contributed by atoms with Gasteiger partial charge < -0.3 is 30.7 Å². The van der Waals surface area contributed by atoms with Crippen LogP contribution in [0.25, 0.3) is 21.9 Å². The van der Waals surface area contributed by atoms with Gasteiger partial charge in [-0.3, -0.25) is 4.79 Å². The third-order valence-electron chi connectivity index (χ3n) is 6.27. The molecule has 4 heterocycles. The van der Waals surface area contributed by atoms with Gasteiger partial charge in [0.1, 0.15) is 12.3 Å². The molecule has 11 heteroatoms. The van der Waals surface area contributed by atoms with Crippen LogP contribution in [-0.4, -0.2) is 59.7 Å². The number of carbonyl (C=O) groups excluding carboxylic acids is 2. The predicted octanol–water partition coefficient (Wildman–Crippen LogP) is 2.70. The minimum atomic E-state index is -0.724. The molecule has 1 aromatic carbocycles. The quantitative estimate of drug-likeness (QED) is 0.486. The van der Waals surface area contributed by atoms with Crippen molar-refractivity contribution in [2.75, 3.05) is 37.8 Å². The van der Waals surface area contributed by atoms with Crippen LogP contribution in [0.5, 0.6) is 11.8 Å². The topological polar surface area (TPSA) is 132 Å². The number of fused-ring (bicyclic) bond motifs is 2. The van der Waals surface area contributed by atoms with Crippen LogP contribution in [0.3, 0.4) is 0 Å². The molecule has 2 aromatic heterocycles. The standard InChI is InChI=1S/C24H25FN6O4/c1-3-14-17(10-29-23-22(14)27-4-5-34-23)15-6-12-7-18(28-9-16(12)21(26)20(15)25)35-24(33)30-13-8-19(32)31(2)11-13/h6-7,9-10,13,27H,3-5,8,11,26H2,1-2H3,(H,30,33)/t13-/m0/s1. The number of halogens is 1. The van der Waals surface area contributed by atoms with Gasteiger partial charge in [-0.25, -0.2) is 19.2 Å². The summed E-state index contributed by atoms with van der Waals surface area (Å²) in [6, 6.07) is 2.84. The lowest BCUT2D eigenvalue weighted by Crippen LogP contribution is -2.38. The van der Waals surface area contributed by atoms with Crippen molar-refractivity contribution in [3.8, 4) is 22.9 Å². The molecule has 5 rings (SSSR count). The lowest BCUT2D eigenvalue weighted by molar-refractivity contribution is -0.126. The number of nitrogens with zero attached hydrogens (tertiary/aromatic N) is 3. The van der Waals surface area contributed by atoms with Crippen LogP contribution in [0.2, 0.25) is 0 Å². The van der Waals surface area contributed by atoms with Crippen LogP contribution < -0.4 is 25.8 Å².